The molecule has 0 fully saturated rings. The molecule has 0 N–H and O–H groups in total. The van der Waals surface area contributed by atoms with Crippen LogP contribution < -0.4 is 9.47 Å². The Labute approximate surface area is 175 Å². The highest BCUT2D eigenvalue weighted by Crippen LogP contribution is 2.22. The number of ether oxygens (including phenoxy) is 3. The van der Waals surface area contributed by atoms with E-state index < -0.39 is 12.3 Å². The number of rotatable bonds is 11. The minimum absolute atomic E-state index is 0.0564. The standard InChI is InChI=1S/C22H23ClFNO4/c1-15(2)29-21(12-26)9-16-4-3-5-20(8-16)27-13-19(24)14-28-22-7-6-18(23)10-17(22)11-25/h3-8,10,12,15,19,21H,9,13-14H2,1-2H3/t19-,21-/m0/s1. The zero-order valence-corrected chi connectivity index (χ0v) is 17.1. The van der Waals surface area contributed by atoms with Gasteiger partial charge in [0.1, 0.15) is 43.2 Å². The van der Waals surface area contributed by atoms with Gasteiger partial charge in [-0.3, -0.25) is 0 Å². The minimum Gasteiger partial charge on any atom is -0.490 e. The molecule has 0 aromatic heterocycles. The first-order valence-corrected chi connectivity index (χ1v) is 9.58. The fourth-order valence-corrected chi connectivity index (χ4v) is 2.77. The fourth-order valence-electron chi connectivity index (χ4n) is 2.60. The van der Waals surface area contributed by atoms with Crippen LogP contribution in [0.3, 0.4) is 0 Å². The van der Waals surface area contributed by atoms with E-state index in [1.165, 1.54) is 12.1 Å². The number of aldehydes is 1. The average molecular weight is 420 g/mol. The second kappa shape index (κ2) is 11.4. The van der Waals surface area contributed by atoms with Gasteiger partial charge in [0, 0.05) is 11.4 Å². The molecule has 5 nitrogen and oxygen atoms in total. The lowest BCUT2D eigenvalue weighted by Gasteiger charge is -2.16. The van der Waals surface area contributed by atoms with Crippen LogP contribution in [0.5, 0.6) is 11.5 Å². The highest BCUT2D eigenvalue weighted by molar-refractivity contribution is 6.30. The summed E-state index contributed by atoms with van der Waals surface area (Å²) < 4.78 is 30.6. The molecule has 0 unspecified atom stereocenters. The van der Waals surface area contributed by atoms with Crippen molar-refractivity contribution in [3.8, 4) is 17.6 Å². The van der Waals surface area contributed by atoms with Gasteiger partial charge in [0.25, 0.3) is 0 Å². The summed E-state index contributed by atoms with van der Waals surface area (Å²) in [6, 6.07) is 13.6. The number of halogens is 2. The fraction of sp³-hybridized carbons (Fsp3) is 0.364. The molecule has 0 heterocycles. The van der Waals surface area contributed by atoms with Crippen LogP contribution in [0.15, 0.2) is 42.5 Å². The lowest BCUT2D eigenvalue weighted by atomic mass is 10.1. The van der Waals surface area contributed by atoms with Gasteiger partial charge in [-0.25, -0.2) is 4.39 Å². The molecule has 2 aromatic carbocycles. The van der Waals surface area contributed by atoms with E-state index in [1.807, 2.05) is 26.0 Å². The highest BCUT2D eigenvalue weighted by atomic mass is 35.5. The van der Waals surface area contributed by atoms with Gasteiger partial charge in [0.2, 0.25) is 0 Å². The predicted octanol–water partition coefficient (Wildman–Crippen LogP) is 4.54. The van der Waals surface area contributed by atoms with Crippen LogP contribution in [0.4, 0.5) is 4.39 Å². The van der Waals surface area contributed by atoms with Gasteiger partial charge >= 0.3 is 0 Å². The van der Waals surface area contributed by atoms with Crippen LogP contribution in [0.1, 0.15) is 25.0 Å². The monoisotopic (exact) mass is 419 g/mol. The summed E-state index contributed by atoms with van der Waals surface area (Å²) in [5, 5.41) is 9.48. The predicted molar refractivity (Wildman–Crippen MR) is 108 cm³/mol. The summed E-state index contributed by atoms with van der Waals surface area (Å²) in [6.07, 6.45) is -0.809. The topological polar surface area (TPSA) is 68.6 Å². The molecule has 0 aliphatic heterocycles. The smallest absolute Gasteiger partial charge is 0.168 e. The Morgan fingerprint density at radius 1 is 1.17 bits per heavy atom. The average Bonchev–Trinajstić information content (AvgIpc) is 2.70. The first kappa shape index (κ1) is 22.7. The van der Waals surface area contributed by atoms with Gasteiger partial charge in [0.15, 0.2) is 6.17 Å². The summed E-state index contributed by atoms with van der Waals surface area (Å²) in [6.45, 7) is 3.26. The molecule has 0 spiro atoms. The number of carbonyl (C=O) groups is 1. The van der Waals surface area contributed by atoms with Crippen molar-refractivity contribution in [3.63, 3.8) is 0 Å². The SMILES string of the molecule is CC(C)O[C@H](C=O)Cc1cccc(OC[C@H](F)COc2ccc(Cl)cc2C#N)c1. The van der Waals surface area contributed by atoms with E-state index in [0.717, 1.165) is 11.8 Å². The molecule has 7 heteroatoms. The van der Waals surface area contributed by atoms with Crippen LogP contribution in [-0.2, 0) is 16.0 Å². The molecule has 2 rings (SSSR count). The third kappa shape index (κ3) is 7.72. The van der Waals surface area contributed by atoms with Crippen LogP contribution in [0, 0.1) is 11.3 Å². The second-order valence-electron chi connectivity index (χ2n) is 6.68. The first-order valence-electron chi connectivity index (χ1n) is 9.20. The van der Waals surface area contributed by atoms with Crippen molar-refractivity contribution < 1.29 is 23.4 Å². The van der Waals surface area contributed by atoms with Gasteiger partial charge in [-0.15, -0.1) is 0 Å². The van der Waals surface area contributed by atoms with E-state index in [4.69, 9.17) is 31.1 Å². The molecule has 0 bridgehead atoms. The lowest BCUT2D eigenvalue weighted by Crippen LogP contribution is -2.22. The summed E-state index contributed by atoms with van der Waals surface area (Å²) in [7, 11) is 0. The largest absolute Gasteiger partial charge is 0.490 e. The molecule has 29 heavy (non-hydrogen) atoms. The van der Waals surface area contributed by atoms with Gasteiger partial charge in [-0.2, -0.15) is 5.26 Å². The summed E-state index contributed by atoms with van der Waals surface area (Å²) in [4.78, 5) is 11.2. The Bertz CT molecular complexity index is 853. The minimum atomic E-state index is -1.40. The Hall–Kier alpha value is -2.62. The van der Waals surface area contributed by atoms with Crippen LogP contribution >= 0.6 is 11.6 Å². The van der Waals surface area contributed by atoms with Gasteiger partial charge in [-0.1, -0.05) is 23.7 Å². The number of nitrogens with zero attached hydrogens (tertiary/aromatic N) is 1. The van der Waals surface area contributed by atoms with Crippen LogP contribution in [0.2, 0.25) is 5.02 Å². The molecule has 2 aromatic rings. The quantitative estimate of drug-likeness (QED) is 0.500. The Morgan fingerprint density at radius 3 is 2.62 bits per heavy atom. The number of benzene rings is 2. The molecular formula is C22H23ClFNO4. The number of alkyl halides is 1. The summed E-state index contributed by atoms with van der Waals surface area (Å²) in [5.41, 5.74) is 1.10. The number of nitriles is 1. The maximum absolute atomic E-state index is 14.2. The number of hydrogen-bond acceptors (Lipinski definition) is 5. The third-order valence-corrected chi connectivity index (χ3v) is 4.08. The van der Waals surface area contributed by atoms with E-state index in [0.29, 0.717) is 17.2 Å². The highest BCUT2D eigenvalue weighted by Gasteiger charge is 2.13. The zero-order chi connectivity index (χ0) is 21.2. The zero-order valence-electron chi connectivity index (χ0n) is 16.3. The maximum Gasteiger partial charge on any atom is 0.168 e. The lowest BCUT2D eigenvalue weighted by molar-refractivity contribution is -0.120. The second-order valence-corrected chi connectivity index (χ2v) is 7.12. The normalized spacial score (nSPS) is 12.8. The Kier molecular flexibility index (Phi) is 8.91. The molecule has 0 saturated heterocycles. The van der Waals surface area contributed by atoms with Crippen molar-refractivity contribution in [2.45, 2.75) is 38.6 Å². The van der Waals surface area contributed by atoms with E-state index in [1.54, 1.807) is 24.3 Å². The molecule has 0 radical (unpaired) electrons. The van der Waals surface area contributed by atoms with Gasteiger partial charge < -0.3 is 19.0 Å². The van der Waals surface area contributed by atoms with Crippen LogP contribution in [0.25, 0.3) is 0 Å². The third-order valence-electron chi connectivity index (χ3n) is 3.85. The number of carbonyl (C=O) groups excluding carboxylic acids is 1. The van der Waals surface area contributed by atoms with Gasteiger partial charge in [0.05, 0.1) is 11.7 Å². The Morgan fingerprint density at radius 2 is 1.93 bits per heavy atom. The Balaban J connectivity index is 1.86. The van der Waals surface area contributed by atoms with Crippen molar-refractivity contribution in [1.29, 1.82) is 5.26 Å². The van der Waals surface area contributed by atoms with E-state index in [2.05, 4.69) is 0 Å². The molecule has 0 amide bonds. The van der Waals surface area contributed by atoms with Crippen molar-refractivity contribution >= 4 is 17.9 Å². The first-order chi connectivity index (χ1) is 13.9. The molecule has 0 aliphatic rings. The van der Waals surface area contributed by atoms with Crippen molar-refractivity contribution in [2.75, 3.05) is 13.2 Å². The van der Waals surface area contributed by atoms with Gasteiger partial charge in [-0.05, 0) is 49.7 Å². The molecule has 2 atom stereocenters. The summed E-state index contributed by atoms with van der Waals surface area (Å²) >= 11 is 5.83. The molecule has 154 valence electrons. The van der Waals surface area contributed by atoms with Crippen molar-refractivity contribution in [3.05, 3.63) is 58.6 Å². The molecule has 0 saturated carbocycles. The molecule has 0 aliphatic carbocycles. The maximum atomic E-state index is 14.2. The van der Waals surface area contributed by atoms with Crippen LogP contribution in [-0.4, -0.2) is 37.9 Å². The van der Waals surface area contributed by atoms with E-state index in [9.17, 15) is 9.18 Å². The van der Waals surface area contributed by atoms with E-state index >= 15 is 0 Å². The van der Waals surface area contributed by atoms with Crippen molar-refractivity contribution in [1.82, 2.24) is 0 Å². The van der Waals surface area contributed by atoms with E-state index in [-0.39, 0.29) is 30.6 Å². The molecular weight excluding hydrogens is 397 g/mol. The van der Waals surface area contributed by atoms with Crippen molar-refractivity contribution in [2.24, 2.45) is 0 Å². The number of hydrogen-bond donors (Lipinski definition) is 0. The summed E-state index contributed by atoms with van der Waals surface area (Å²) in [5.74, 6) is 0.759.